The van der Waals surface area contributed by atoms with Gasteiger partial charge in [0.1, 0.15) is 11.4 Å². The van der Waals surface area contributed by atoms with Crippen LogP contribution >= 0.6 is 0 Å². The lowest BCUT2D eigenvalue weighted by Gasteiger charge is -2.31. The number of aromatic nitrogens is 2. The molecule has 0 atom stereocenters. The summed E-state index contributed by atoms with van der Waals surface area (Å²) in [6.07, 6.45) is 0.715. The molecule has 1 amide bonds. The third-order valence-corrected chi connectivity index (χ3v) is 6.37. The van der Waals surface area contributed by atoms with Crippen molar-refractivity contribution in [2.24, 2.45) is 0 Å². The normalized spacial score (nSPS) is 15.8. The zero-order valence-electron chi connectivity index (χ0n) is 20.0. The standard InChI is InChI=1S/C26H29FN6O2/c1-32(2)15-19-14-17(4-6-21(19)33-9-11-35-12-10-33)22-24(27)31-25(28)23(30-22)18-3-5-20-16(13-18)7-8-29-26(20)34/h3-6,13-14H,7-12,15H2,1-2H3,(H2,28,31)(H,29,34). The third-order valence-electron chi connectivity index (χ3n) is 6.37. The van der Waals surface area contributed by atoms with Gasteiger partial charge in [-0.15, -0.1) is 0 Å². The summed E-state index contributed by atoms with van der Waals surface area (Å²) < 4.78 is 20.6. The zero-order chi connectivity index (χ0) is 24.5. The molecule has 2 aliphatic rings. The first-order valence-electron chi connectivity index (χ1n) is 11.8. The van der Waals surface area contributed by atoms with Gasteiger partial charge >= 0.3 is 0 Å². The number of amides is 1. The second kappa shape index (κ2) is 9.59. The topological polar surface area (TPSA) is 96.6 Å². The maximum absolute atomic E-state index is 15.1. The summed E-state index contributed by atoms with van der Waals surface area (Å²) in [5.74, 6) is -0.783. The molecule has 0 radical (unpaired) electrons. The zero-order valence-corrected chi connectivity index (χ0v) is 20.0. The number of ether oxygens (including phenoxy) is 1. The molecule has 5 rings (SSSR count). The van der Waals surface area contributed by atoms with Crippen LogP contribution in [0.4, 0.5) is 15.9 Å². The van der Waals surface area contributed by atoms with Crippen molar-refractivity contribution in [3.05, 3.63) is 59.0 Å². The van der Waals surface area contributed by atoms with Crippen LogP contribution < -0.4 is 16.0 Å². The summed E-state index contributed by atoms with van der Waals surface area (Å²) in [5, 5.41) is 2.84. The summed E-state index contributed by atoms with van der Waals surface area (Å²) >= 11 is 0. The van der Waals surface area contributed by atoms with Crippen molar-refractivity contribution >= 4 is 17.4 Å². The van der Waals surface area contributed by atoms with E-state index in [0.717, 1.165) is 29.9 Å². The lowest BCUT2D eigenvalue weighted by atomic mass is 9.96. The van der Waals surface area contributed by atoms with E-state index >= 15 is 4.39 Å². The number of hydrogen-bond donors (Lipinski definition) is 2. The minimum absolute atomic E-state index is 0.0184. The molecular formula is C26H29FN6O2. The van der Waals surface area contributed by atoms with Gasteiger partial charge in [0, 0.05) is 48.6 Å². The second-order valence-corrected chi connectivity index (χ2v) is 9.16. The molecule has 2 aromatic carbocycles. The van der Waals surface area contributed by atoms with Crippen LogP contribution in [0.15, 0.2) is 36.4 Å². The van der Waals surface area contributed by atoms with Crippen molar-refractivity contribution in [3.63, 3.8) is 0 Å². The van der Waals surface area contributed by atoms with Gasteiger partial charge in [0.15, 0.2) is 5.82 Å². The van der Waals surface area contributed by atoms with Gasteiger partial charge in [0.2, 0.25) is 5.95 Å². The van der Waals surface area contributed by atoms with Crippen LogP contribution in [0.1, 0.15) is 21.5 Å². The number of carbonyl (C=O) groups excluding carboxylic acids is 1. The van der Waals surface area contributed by atoms with Gasteiger partial charge in [-0.1, -0.05) is 12.1 Å². The Morgan fingerprint density at radius 1 is 1.09 bits per heavy atom. The van der Waals surface area contributed by atoms with Crippen molar-refractivity contribution in [2.45, 2.75) is 13.0 Å². The van der Waals surface area contributed by atoms with Crippen LogP contribution in [0.2, 0.25) is 0 Å². The van der Waals surface area contributed by atoms with E-state index in [0.29, 0.717) is 55.1 Å². The largest absolute Gasteiger partial charge is 0.382 e. The van der Waals surface area contributed by atoms with Crippen molar-refractivity contribution in [1.82, 2.24) is 20.2 Å². The Bertz CT molecular complexity index is 1270. The highest BCUT2D eigenvalue weighted by molar-refractivity contribution is 5.97. The lowest BCUT2D eigenvalue weighted by molar-refractivity contribution is 0.0946. The van der Waals surface area contributed by atoms with Crippen LogP contribution in [0.5, 0.6) is 0 Å². The van der Waals surface area contributed by atoms with Gasteiger partial charge in [-0.3, -0.25) is 4.79 Å². The number of hydrogen-bond acceptors (Lipinski definition) is 7. The minimum Gasteiger partial charge on any atom is -0.382 e. The summed E-state index contributed by atoms with van der Waals surface area (Å²) in [4.78, 5) is 25.1. The number of benzene rings is 2. The number of halogens is 1. The molecule has 35 heavy (non-hydrogen) atoms. The predicted octanol–water partition coefficient (Wildman–Crippen LogP) is 2.72. The van der Waals surface area contributed by atoms with E-state index in [1.807, 2.05) is 38.4 Å². The van der Waals surface area contributed by atoms with Crippen LogP contribution in [-0.2, 0) is 17.7 Å². The molecule has 0 bridgehead atoms. The quantitative estimate of drug-likeness (QED) is 0.585. The van der Waals surface area contributed by atoms with Crippen molar-refractivity contribution in [1.29, 1.82) is 0 Å². The van der Waals surface area contributed by atoms with Crippen LogP contribution in [-0.4, -0.2) is 67.7 Å². The average Bonchev–Trinajstić information content (AvgIpc) is 2.84. The first-order chi connectivity index (χ1) is 16.9. The third kappa shape index (κ3) is 4.69. The van der Waals surface area contributed by atoms with Gasteiger partial charge < -0.3 is 25.6 Å². The number of anilines is 2. The Balaban J connectivity index is 1.56. The van der Waals surface area contributed by atoms with Crippen LogP contribution in [0.25, 0.3) is 22.5 Å². The Morgan fingerprint density at radius 2 is 1.83 bits per heavy atom. The molecule has 3 heterocycles. The fraction of sp³-hybridized carbons (Fsp3) is 0.346. The number of nitrogen functional groups attached to an aromatic ring is 1. The highest BCUT2D eigenvalue weighted by Crippen LogP contribution is 2.33. The molecule has 0 spiro atoms. The number of fused-ring (bicyclic) bond motifs is 1. The molecule has 0 saturated carbocycles. The maximum Gasteiger partial charge on any atom is 0.251 e. The minimum atomic E-state index is -0.710. The summed E-state index contributed by atoms with van der Waals surface area (Å²) in [6.45, 7) is 4.28. The molecule has 0 aliphatic carbocycles. The van der Waals surface area contributed by atoms with Crippen molar-refractivity contribution in [2.75, 3.05) is 57.6 Å². The predicted molar refractivity (Wildman–Crippen MR) is 134 cm³/mol. The number of carbonyl (C=O) groups is 1. The van der Waals surface area contributed by atoms with E-state index in [9.17, 15) is 4.79 Å². The smallest absolute Gasteiger partial charge is 0.251 e. The Labute approximate surface area is 203 Å². The van der Waals surface area contributed by atoms with Gasteiger partial charge in [-0.25, -0.2) is 4.98 Å². The van der Waals surface area contributed by atoms with Crippen LogP contribution in [0, 0.1) is 5.95 Å². The van der Waals surface area contributed by atoms with E-state index in [1.54, 1.807) is 12.1 Å². The van der Waals surface area contributed by atoms with Crippen molar-refractivity contribution in [3.8, 4) is 22.5 Å². The lowest BCUT2D eigenvalue weighted by Crippen LogP contribution is -2.37. The number of morpholine rings is 1. The van der Waals surface area contributed by atoms with Gasteiger partial charge in [-0.05, 0) is 55.9 Å². The molecule has 2 aliphatic heterocycles. The molecule has 3 aromatic rings. The molecule has 1 fully saturated rings. The van der Waals surface area contributed by atoms with Gasteiger partial charge in [0.25, 0.3) is 5.91 Å². The fourth-order valence-electron chi connectivity index (χ4n) is 4.71. The first-order valence-corrected chi connectivity index (χ1v) is 11.8. The van der Waals surface area contributed by atoms with Gasteiger partial charge in [-0.2, -0.15) is 9.37 Å². The fourth-order valence-corrected chi connectivity index (χ4v) is 4.71. The van der Waals surface area contributed by atoms with E-state index < -0.39 is 5.95 Å². The summed E-state index contributed by atoms with van der Waals surface area (Å²) in [7, 11) is 4.02. The number of rotatable bonds is 5. The van der Waals surface area contributed by atoms with E-state index in [2.05, 4.69) is 25.1 Å². The highest BCUT2D eigenvalue weighted by atomic mass is 19.1. The maximum atomic E-state index is 15.1. The second-order valence-electron chi connectivity index (χ2n) is 9.16. The van der Waals surface area contributed by atoms with E-state index in [1.165, 1.54) is 0 Å². The van der Waals surface area contributed by atoms with Gasteiger partial charge in [0.05, 0.1) is 13.2 Å². The summed E-state index contributed by atoms with van der Waals surface area (Å²) in [5.41, 5.74) is 11.8. The Hall–Kier alpha value is -3.56. The summed E-state index contributed by atoms with van der Waals surface area (Å²) in [6, 6.07) is 11.3. The monoisotopic (exact) mass is 476 g/mol. The molecular weight excluding hydrogens is 447 g/mol. The average molecular weight is 477 g/mol. The molecule has 1 aromatic heterocycles. The Morgan fingerprint density at radius 3 is 2.60 bits per heavy atom. The first kappa shape index (κ1) is 23.2. The number of nitrogens with one attached hydrogen (secondary N) is 1. The van der Waals surface area contributed by atoms with Crippen LogP contribution in [0.3, 0.4) is 0 Å². The highest BCUT2D eigenvalue weighted by Gasteiger charge is 2.21. The van der Waals surface area contributed by atoms with Crippen molar-refractivity contribution < 1.29 is 13.9 Å². The molecule has 9 heteroatoms. The molecule has 0 unspecified atom stereocenters. The SMILES string of the molecule is CN(C)Cc1cc(-c2nc(-c3ccc4c(c3)CCNC4=O)c(N)nc2F)ccc1N1CCOCC1. The molecule has 8 nitrogen and oxygen atoms in total. The number of nitrogens with two attached hydrogens (primary N) is 1. The number of nitrogens with zero attached hydrogens (tertiary/aromatic N) is 4. The molecule has 1 saturated heterocycles. The van der Waals surface area contributed by atoms with E-state index in [4.69, 9.17) is 10.5 Å². The molecule has 182 valence electrons. The van der Waals surface area contributed by atoms with E-state index in [-0.39, 0.29) is 17.4 Å². The molecule has 3 N–H and O–H groups in total. The Kier molecular flexibility index (Phi) is 6.36.